The Morgan fingerprint density at radius 3 is 1.48 bits per heavy atom. The fraction of sp³-hybridized carbons (Fsp3) is 0.411. The number of rotatable bonds is 1. The average molecular weight is 862 g/mol. The van der Waals surface area contributed by atoms with E-state index in [4.69, 9.17) is 0 Å². The van der Waals surface area contributed by atoms with Gasteiger partial charge in [-0.05, 0) is 77.3 Å². The molecule has 8 rings (SSSR count). The molecular weight excluding hydrogens is 792 g/mol. The van der Waals surface area contributed by atoms with E-state index >= 15 is 0 Å². The van der Waals surface area contributed by atoms with E-state index in [0.717, 1.165) is 6.42 Å². The Morgan fingerprint density at radius 2 is 1.10 bits per heavy atom. The van der Waals surface area contributed by atoms with Crippen molar-refractivity contribution in [2.45, 2.75) is 145 Å². The normalized spacial score (nSPS) is 17.6. The van der Waals surface area contributed by atoms with Crippen molar-refractivity contribution < 1.29 is 24.2 Å². The molecule has 0 aromatic heterocycles. The molecule has 0 bridgehead atoms. The second-order valence-corrected chi connectivity index (χ2v) is 25.7. The summed E-state index contributed by atoms with van der Waals surface area (Å²) in [7, 11) is -1.07. The van der Waals surface area contributed by atoms with Crippen LogP contribution in [0.4, 0.5) is 0 Å². The Hall–Kier alpha value is -3.19. The van der Waals surface area contributed by atoms with E-state index in [1.54, 1.807) is 5.20 Å². The summed E-state index contributed by atoms with van der Waals surface area (Å²) in [6, 6.07) is 32.1. The predicted octanol–water partition coefficient (Wildman–Crippen LogP) is 15.2. The fourth-order valence-electron chi connectivity index (χ4n) is 8.70. The van der Waals surface area contributed by atoms with Crippen LogP contribution in [-0.4, -0.2) is 12.3 Å². The fourth-order valence-corrected chi connectivity index (χ4v) is 10.6. The van der Waals surface area contributed by atoms with E-state index in [9.17, 15) is 0 Å². The molecule has 4 aliphatic rings. The van der Waals surface area contributed by atoms with Gasteiger partial charge in [0.1, 0.15) is 0 Å². The first-order valence-corrected chi connectivity index (χ1v) is 26.3. The van der Waals surface area contributed by atoms with Gasteiger partial charge in [0, 0.05) is 5.41 Å². The molecule has 1 atom stereocenters. The van der Waals surface area contributed by atoms with Crippen molar-refractivity contribution in [3.63, 3.8) is 0 Å². The van der Waals surface area contributed by atoms with E-state index < -0.39 is 8.07 Å². The quantitative estimate of drug-likeness (QED) is 0.116. The van der Waals surface area contributed by atoms with Crippen LogP contribution in [0.25, 0.3) is 22.3 Å². The van der Waals surface area contributed by atoms with E-state index in [2.05, 4.69) is 206 Å². The summed E-state index contributed by atoms with van der Waals surface area (Å²) in [5, 5.41) is 1.60. The minimum absolute atomic E-state index is 0.0340. The van der Waals surface area contributed by atoms with Crippen LogP contribution < -0.4 is 0 Å². The maximum absolute atomic E-state index is 3.65. The van der Waals surface area contributed by atoms with Crippen molar-refractivity contribution in [1.82, 2.24) is 0 Å². The Balaban J connectivity index is 0.000000189. The van der Waals surface area contributed by atoms with Gasteiger partial charge < -0.3 is 0 Å². The molecule has 4 aromatic carbocycles. The third-order valence-corrected chi connectivity index (χ3v) is 13.8. The zero-order valence-electron chi connectivity index (χ0n) is 39.1. The van der Waals surface area contributed by atoms with Gasteiger partial charge in [-0.15, -0.1) is 11.6 Å². The molecule has 1 unspecified atom stereocenters. The van der Waals surface area contributed by atoms with Crippen LogP contribution in [0.2, 0.25) is 19.6 Å². The first kappa shape index (κ1) is 47.5. The number of hydrogen-bond acceptors (Lipinski definition) is 0. The Labute approximate surface area is 371 Å². The summed E-state index contributed by atoms with van der Waals surface area (Å²) >= 11 is 1.30. The van der Waals surface area contributed by atoms with Crippen molar-refractivity contribution in [3.8, 4) is 11.1 Å². The van der Waals surface area contributed by atoms with Crippen LogP contribution in [0.5, 0.6) is 0 Å². The predicted molar refractivity (Wildman–Crippen MR) is 255 cm³/mol. The van der Waals surface area contributed by atoms with E-state index in [1.165, 1.54) is 96.6 Å². The molecular formula is C56H70SiZr-4. The molecule has 0 radical (unpaired) electrons. The maximum atomic E-state index is 3.65. The summed E-state index contributed by atoms with van der Waals surface area (Å²) < 4.78 is 3.34. The summed E-state index contributed by atoms with van der Waals surface area (Å²) in [6.45, 7) is 38.5. The van der Waals surface area contributed by atoms with Gasteiger partial charge in [0.2, 0.25) is 0 Å². The van der Waals surface area contributed by atoms with E-state index in [-0.39, 0.29) is 21.7 Å². The monoisotopic (exact) mass is 860 g/mol. The van der Waals surface area contributed by atoms with Crippen molar-refractivity contribution in [2.24, 2.45) is 5.92 Å². The molecule has 0 spiro atoms. The molecule has 0 N–H and O–H groups in total. The summed E-state index contributed by atoms with van der Waals surface area (Å²) in [5.41, 5.74) is 19.2. The molecule has 306 valence electrons. The molecule has 58 heavy (non-hydrogen) atoms. The van der Waals surface area contributed by atoms with Crippen molar-refractivity contribution in [3.05, 3.63) is 165 Å². The van der Waals surface area contributed by atoms with E-state index in [0.29, 0.717) is 5.92 Å². The van der Waals surface area contributed by atoms with Gasteiger partial charge in [-0.2, -0.15) is 83.4 Å². The van der Waals surface area contributed by atoms with Crippen LogP contribution in [0.15, 0.2) is 95.7 Å². The van der Waals surface area contributed by atoms with Gasteiger partial charge in [0.05, 0.1) is 0 Å². The van der Waals surface area contributed by atoms with Crippen LogP contribution in [0, 0.1) is 30.2 Å². The zero-order chi connectivity index (χ0) is 43.6. The third kappa shape index (κ3) is 11.1. The minimum atomic E-state index is -1.07. The van der Waals surface area contributed by atoms with Gasteiger partial charge in [0.25, 0.3) is 0 Å². The van der Waals surface area contributed by atoms with E-state index in [1.807, 2.05) is 24.3 Å². The van der Waals surface area contributed by atoms with Crippen LogP contribution >= 0.6 is 0 Å². The summed E-state index contributed by atoms with van der Waals surface area (Å²) in [5.74, 6) is 0.553. The Bertz CT molecular complexity index is 2070. The van der Waals surface area contributed by atoms with Crippen LogP contribution in [-0.2, 0) is 52.3 Å². The molecule has 0 heterocycles. The standard InChI is InChI=1S/C25H25.C10H17Si.2C10H13.CH2.Zr/c1-14-12-24(3,4)22-8-16-7-17-9-23-19(15(2)13-25(23,5)6)11-21(17)20(16)10-18(14)22;1-8-6-9(2)10(7-8)11(3,4)5;2*1-10(2,3)9-7-5-4-6-8-9;;/h8-12H,7H2,1-6H3;7-8H,1-5H3;2*5-8H,1-3H3;1H2;/q4*-1;;. The van der Waals surface area contributed by atoms with Crippen LogP contribution in [0.1, 0.15) is 141 Å². The molecule has 4 aromatic rings. The Kier molecular flexibility index (Phi) is 14.9. The topological polar surface area (TPSA) is 0 Å². The molecule has 2 heteroatoms. The zero-order valence-corrected chi connectivity index (χ0v) is 42.5. The first-order chi connectivity index (χ1) is 26.8. The molecule has 0 fully saturated rings. The number of hydrogen-bond donors (Lipinski definition) is 0. The van der Waals surface area contributed by atoms with Crippen LogP contribution in [0.3, 0.4) is 0 Å². The van der Waals surface area contributed by atoms with Gasteiger partial charge >= 0.3 is 28.4 Å². The van der Waals surface area contributed by atoms with Gasteiger partial charge in [0.15, 0.2) is 0 Å². The van der Waals surface area contributed by atoms with Gasteiger partial charge in [-0.3, -0.25) is 12.2 Å². The SMILES string of the molecule is CC(C)(C)c1cc[c-]cc1.CC(C)(C)c1cc[c-]cc1.CC1=[C-]C(C)(C)c2cc3c(cc21)-c1cc2c(cc1C3)C(C)(C)C=C2C.CC1=[C-]C(C)C=C1[Si](C)(C)C.[CH2]=[Zr]. The third-order valence-electron chi connectivity index (χ3n) is 11.7. The summed E-state index contributed by atoms with van der Waals surface area (Å²) in [4.78, 5) is 0. The number of allylic oxidation sites excluding steroid dienone is 8. The van der Waals surface area contributed by atoms with Crippen molar-refractivity contribution >= 4 is 23.4 Å². The Morgan fingerprint density at radius 1 is 0.655 bits per heavy atom. The van der Waals surface area contributed by atoms with Crippen molar-refractivity contribution in [2.75, 3.05) is 0 Å². The second-order valence-electron chi connectivity index (χ2n) is 20.7. The molecule has 0 nitrogen and oxygen atoms in total. The molecule has 0 aliphatic heterocycles. The first-order valence-electron chi connectivity index (χ1n) is 21.1. The molecule has 0 saturated heterocycles. The number of benzene rings is 4. The molecule has 4 aliphatic carbocycles. The average Bonchev–Trinajstić information content (AvgIpc) is 3.82. The second kappa shape index (κ2) is 18.2. The van der Waals surface area contributed by atoms with Crippen molar-refractivity contribution in [1.29, 1.82) is 0 Å². The van der Waals surface area contributed by atoms with Gasteiger partial charge in [-0.25, -0.2) is 16.3 Å². The number of fused-ring (bicyclic) bond motifs is 5. The molecule has 0 amide bonds. The molecule has 0 saturated carbocycles. The summed E-state index contributed by atoms with van der Waals surface area (Å²) in [6.07, 6.45) is 12.9. The van der Waals surface area contributed by atoms with Gasteiger partial charge in [-0.1, -0.05) is 139 Å².